The molecule has 1 amide bonds. The number of thiazole rings is 1. The molecule has 1 aliphatic rings. The number of nitrogens with one attached hydrogen (secondary N) is 1. The molecular formula is C15H25N3OS. The molecule has 0 aliphatic heterocycles. The summed E-state index contributed by atoms with van der Waals surface area (Å²) in [6, 6.07) is 0. The van der Waals surface area contributed by atoms with E-state index in [0.717, 1.165) is 30.0 Å². The minimum absolute atomic E-state index is 0.0407. The van der Waals surface area contributed by atoms with Crippen LogP contribution in [-0.2, 0) is 17.8 Å². The van der Waals surface area contributed by atoms with Crippen LogP contribution >= 0.6 is 11.3 Å². The molecule has 0 spiro atoms. The number of carbonyl (C=O) groups excluding carboxylic acids is 1. The van der Waals surface area contributed by atoms with Crippen molar-refractivity contribution in [1.82, 2.24) is 10.3 Å². The van der Waals surface area contributed by atoms with Crippen LogP contribution in [0.15, 0.2) is 5.38 Å². The van der Waals surface area contributed by atoms with Gasteiger partial charge in [0, 0.05) is 11.8 Å². The Morgan fingerprint density at radius 1 is 1.45 bits per heavy atom. The summed E-state index contributed by atoms with van der Waals surface area (Å²) in [7, 11) is 0. The number of aromatic nitrogens is 1. The smallest absolute Gasteiger partial charge is 0.220 e. The molecule has 1 heterocycles. The summed E-state index contributed by atoms with van der Waals surface area (Å²) in [6.07, 6.45) is 7.39. The SMILES string of the molecule is CCc1nc(CNC(=O)CC2(CN)CCCCC2)cs1. The highest BCUT2D eigenvalue weighted by Gasteiger charge is 2.32. The Morgan fingerprint density at radius 3 is 2.80 bits per heavy atom. The quantitative estimate of drug-likeness (QED) is 0.847. The van der Waals surface area contributed by atoms with Crippen LogP contribution in [0.25, 0.3) is 0 Å². The molecule has 1 aromatic rings. The van der Waals surface area contributed by atoms with E-state index in [0.29, 0.717) is 19.5 Å². The van der Waals surface area contributed by atoms with Crippen molar-refractivity contribution in [3.63, 3.8) is 0 Å². The van der Waals surface area contributed by atoms with Gasteiger partial charge in [-0.2, -0.15) is 0 Å². The number of rotatable bonds is 6. The predicted molar refractivity (Wildman–Crippen MR) is 82.5 cm³/mol. The van der Waals surface area contributed by atoms with E-state index < -0.39 is 0 Å². The van der Waals surface area contributed by atoms with E-state index in [1.165, 1.54) is 19.3 Å². The lowest BCUT2D eigenvalue weighted by atomic mass is 9.71. The second kappa shape index (κ2) is 7.18. The Balaban J connectivity index is 1.82. The number of aryl methyl sites for hydroxylation is 1. The third kappa shape index (κ3) is 4.03. The first kappa shape index (κ1) is 15.4. The van der Waals surface area contributed by atoms with Gasteiger partial charge in [0.25, 0.3) is 0 Å². The van der Waals surface area contributed by atoms with Gasteiger partial charge in [-0.15, -0.1) is 11.3 Å². The minimum Gasteiger partial charge on any atom is -0.350 e. The molecule has 2 rings (SSSR count). The predicted octanol–water partition coefficient (Wildman–Crippen LogP) is 2.62. The van der Waals surface area contributed by atoms with E-state index >= 15 is 0 Å². The van der Waals surface area contributed by atoms with Crippen molar-refractivity contribution in [1.29, 1.82) is 0 Å². The van der Waals surface area contributed by atoms with Gasteiger partial charge in [0.05, 0.1) is 17.2 Å². The van der Waals surface area contributed by atoms with E-state index in [2.05, 4.69) is 17.2 Å². The van der Waals surface area contributed by atoms with Crippen molar-refractivity contribution >= 4 is 17.2 Å². The topological polar surface area (TPSA) is 68.0 Å². The third-order valence-electron chi connectivity index (χ3n) is 4.25. The van der Waals surface area contributed by atoms with Crippen molar-refractivity contribution in [2.24, 2.45) is 11.1 Å². The Labute approximate surface area is 125 Å². The Bertz CT molecular complexity index is 438. The zero-order chi connectivity index (χ0) is 14.4. The molecule has 1 saturated carbocycles. The van der Waals surface area contributed by atoms with Crippen molar-refractivity contribution in [2.45, 2.75) is 58.4 Å². The van der Waals surface area contributed by atoms with Crippen molar-refractivity contribution in [2.75, 3.05) is 6.54 Å². The molecule has 4 nitrogen and oxygen atoms in total. The van der Waals surface area contributed by atoms with Crippen LogP contribution < -0.4 is 11.1 Å². The van der Waals surface area contributed by atoms with Gasteiger partial charge in [0.2, 0.25) is 5.91 Å². The van der Waals surface area contributed by atoms with Gasteiger partial charge >= 0.3 is 0 Å². The molecule has 3 N–H and O–H groups in total. The van der Waals surface area contributed by atoms with Gasteiger partial charge in [-0.25, -0.2) is 4.98 Å². The molecule has 0 aromatic carbocycles. The average Bonchev–Trinajstić information content (AvgIpc) is 2.94. The van der Waals surface area contributed by atoms with Gasteiger partial charge in [0.15, 0.2) is 0 Å². The van der Waals surface area contributed by atoms with Crippen LogP contribution in [0, 0.1) is 5.41 Å². The number of nitrogens with zero attached hydrogens (tertiary/aromatic N) is 1. The summed E-state index contributed by atoms with van der Waals surface area (Å²) in [5, 5.41) is 6.14. The maximum Gasteiger partial charge on any atom is 0.220 e. The van der Waals surface area contributed by atoms with E-state index in [9.17, 15) is 4.79 Å². The molecule has 0 radical (unpaired) electrons. The van der Waals surface area contributed by atoms with Crippen molar-refractivity contribution in [3.05, 3.63) is 16.1 Å². The van der Waals surface area contributed by atoms with E-state index in [4.69, 9.17) is 5.73 Å². The van der Waals surface area contributed by atoms with E-state index in [-0.39, 0.29) is 11.3 Å². The molecule has 0 atom stereocenters. The summed E-state index contributed by atoms with van der Waals surface area (Å²) >= 11 is 1.66. The summed E-state index contributed by atoms with van der Waals surface area (Å²) in [5.74, 6) is 0.114. The van der Waals surface area contributed by atoms with Gasteiger partial charge in [-0.05, 0) is 31.2 Å². The fraction of sp³-hybridized carbons (Fsp3) is 0.733. The first-order chi connectivity index (χ1) is 9.67. The lowest BCUT2D eigenvalue weighted by Crippen LogP contribution is -2.38. The molecule has 0 unspecified atom stereocenters. The Kier molecular flexibility index (Phi) is 5.54. The fourth-order valence-electron chi connectivity index (χ4n) is 2.94. The van der Waals surface area contributed by atoms with E-state index in [1.54, 1.807) is 11.3 Å². The summed E-state index contributed by atoms with van der Waals surface area (Å²) in [6.45, 7) is 3.25. The number of hydrogen-bond donors (Lipinski definition) is 2. The van der Waals surface area contributed by atoms with Crippen LogP contribution in [0.3, 0.4) is 0 Å². The van der Waals surface area contributed by atoms with Crippen molar-refractivity contribution < 1.29 is 4.79 Å². The normalized spacial score (nSPS) is 17.9. The molecule has 112 valence electrons. The van der Waals surface area contributed by atoms with Gasteiger partial charge < -0.3 is 11.1 Å². The number of hydrogen-bond acceptors (Lipinski definition) is 4. The molecule has 1 fully saturated rings. The lowest BCUT2D eigenvalue weighted by Gasteiger charge is -2.35. The maximum atomic E-state index is 12.1. The number of carbonyl (C=O) groups is 1. The van der Waals surface area contributed by atoms with Crippen LogP contribution in [0.2, 0.25) is 0 Å². The summed E-state index contributed by atoms with van der Waals surface area (Å²) in [4.78, 5) is 16.6. The standard InChI is InChI=1S/C15H25N3OS/c1-2-14-18-12(10-20-14)9-17-13(19)8-15(11-16)6-4-3-5-7-15/h10H,2-9,11,16H2,1H3,(H,17,19). The monoisotopic (exact) mass is 295 g/mol. The number of amides is 1. The first-order valence-corrected chi connectivity index (χ1v) is 8.45. The average molecular weight is 295 g/mol. The lowest BCUT2D eigenvalue weighted by molar-refractivity contribution is -0.124. The largest absolute Gasteiger partial charge is 0.350 e. The molecule has 0 bridgehead atoms. The molecule has 5 heteroatoms. The molecule has 0 saturated heterocycles. The fourth-order valence-corrected chi connectivity index (χ4v) is 3.68. The molecule has 1 aliphatic carbocycles. The molecular weight excluding hydrogens is 270 g/mol. The highest BCUT2D eigenvalue weighted by atomic mass is 32.1. The maximum absolute atomic E-state index is 12.1. The van der Waals surface area contributed by atoms with Gasteiger partial charge in [0.1, 0.15) is 0 Å². The summed E-state index contributed by atoms with van der Waals surface area (Å²) < 4.78 is 0. The second-order valence-electron chi connectivity index (χ2n) is 5.80. The summed E-state index contributed by atoms with van der Waals surface area (Å²) in [5.41, 5.74) is 6.93. The highest BCUT2D eigenvalue weighted by Crippen LogP contribution is 2.38. The van der Waals surface area contributed by atoms with Gasteiger partial charge in [-0.1, -0.05) is 26.2 Å². The van der Waals surface area contributed by atoms with E-state index in [1.807, 2.05) is 5.38 Å². The van der Waals surface area contributed by atoms with Crippen LogP contribution in [0.5, 0.6) is 0 Å². The third-order valence-corrected chi connectivity index (χ3v) is 5.29. The minimum atomic E-state index is 0.0407. The molecule has 1 aromatic heterocycles. The number of nitrogens with two attached hydrogens (primary N) is 1. The van der Waals surface area contributed by atoms with Crippen LogP contribution in [-0.4, -0.2) is 17.4 Å². The zero-order valence-electron chi connectivity index (χ0n) is 12.3. The second-order valence-corrected chi connectivity index (χ2v) is 6.75. The highest BCUT2D eigenvalue weighted by molar-refractivity contribution is 7.09. The first-order valence-electron chi connectivity index (χ1n) is 7.57. The van der Waals surface area contributed by atoms with Crippen LogP contribution in [0.1, 0.15) is 56.2 Å². The van der Waals surface area contributed by atoms with Gasteiger partial charge in [-0.3, -0.25) is 4.79 Å². The Hall–Kier alpha value is -0.940. The Morgan fingerprint density at radius 2 is 2.20 bits per heavy atom. The zero-order valence-corrected chi connectivity index (χ0v) is 13.1. The van der Waals surface area contributed by atoms with Crippen LogP contribution in [0.4, 0.5) is 0 Å². The van der Waals surface area contributed by atoms with Crippen molar-refractivity contribution in [3.8, 4) is 0 Å². The molecule has 20 heavy (non-hydrogen) atoms.